The average Bonchev–Trinajstić information content (AvgIpc) is 2.55. The third kappa shape index (κ3) is 4.50. The van der Waals surface area contributed by atoms with Gasteiger partial charge in [-0.1, -0.05) is 19.1 Å². The topological polar surface area (TPSA) is 64.4 Å². The normalized spacial score (nSPS) is 18.5. The van der Waals surface area contributed by atoms with Crippen molar-refractivity contribution in [2.24, 2.45) is 0 Å². The fraction of sp³-hybridized carbons (Fsp3) is 0.562. The number of hydrogen-bond donors (Lipinski definition) is 0. The van der Waals surface area contributed by atoms with Gasteiger partial charge in [0.1, 0.15) is 5.82 Å². The van der Waals surface area contributed by atoms with Gasteiger partial charge in [-0.2, -0.15) is 9.57 Å². The largest absolute Gasteiger partial charge is 0.300 e. The summed E-state index contributed by atoms with van der Waals surface area (Å²) in [5.41, 5.74) is 1.07. The van der Waals surface area contributed by atoms with Gasteiger partial charge in [0.15, 0.2) is 5.25 Å². The minimum atomic E-state index is -3.52. The van der Waals surface area contributed by atoms with Crippen LogP contribution in [-0.4, -0.2) is 55.6 Å². The minimum absolute atomic E-state index is 0.240. The number of sulfonamides is 1. The first-order valence-corrected chi connectivity index (χ1v) is 9.33. The van der Waals surface area contributed by atoms with Crippen LogP contribution >= 0.6 is 0 Å². The van der Waals surface area contributed by atoms with E-state index in [0.29, 0.717) is 32.6 Å². The molecule has 5 nitrogen and oxygen atoms in total. The Balaban J connectivity index is 1.84. The van der Waals surface area contributed by atoms with Crippen molar-refractivity contribution < 1.29 is 12.8 Å². The second kappa shape index (κ2) is 7.86. The Hall–Kier alpha value is -1.49. The molecule has 1 aromatic carbocycles. The minimum Gasteiger partial charge on any atom is -0.300 e. The number of halogens is 1. The number of nitriles is 1. The molecule has 23 heavy (non-hydrogen) atoms. The Morgan fingerprint density at radius 1 is 1.22 bits per heavy atom. The molecule has 0 spiro atoms. The molecule has 1 aromatic rings. The summed E-state index contributed by atoms with van der Waals surface area (Å²) in [7, 11) is -3.52. The summed E-state index contributed by atoms with van der Waals surface area (Å²) in [6.45, 7) is 4.68. The molecule has 1 aliphatic rings. The van der Waals surface area contributed by atoms with Gasteiger partial charge in [0.2, 0.25) is 10.0 Å². The highest BCUT2D eigenvalue weighted by atomic mass is 32.2. The van der Waals surface area contributed by atoms with Crippen molar-refractivity contribution in [1.29, 1.82) is 5.26 Å². The van der Waals surface area contributed by atoms with Crippen molar-refractivity contribution in [3.8, 4) is 6.07 Å². The molecule has 1 saturated heterocycles. The summed E-state index contributed by atoms with van der Waals surface area (Å²) >= 11 is 0. The molecular weight excluding hydrogens is 317 g/mol. The lowest BCUT2D eigenvalue weighted by Gasteiger charge is -2.34. The zero-order chi connectivity index (χ0) is 16.9. The van der Waals surface area contributed by atoms with Crippen LogP contribution in [0.15, 0.2) is 24.3 Å². The predicted molar refractivity (Wildman–Crippen MR) is 86.7 cm³/mol. The Bertz CT molecular complexity index is 647. The van der Waals surface area contributed by atoms with E-state index in [4.69, 9.17) is 5.26 Å². The van der Waals surface area contributed by atoms with E-state index < -0.39 is 15.3 Å². The lowest BCUT2D eigenvalue weighted by Crippen LogP contribution is -2.51. The highest BCUT2D eigenvalue weighted by Crippen LogP contribution is 2.15. The zero-order valence-corrected chi connectivity index (χ0v) is 14.1. The van der Waals surface area contributed by atoms with Crippen molar-refractivity contribution >= 4 is 10.0 Å². The van der Waals surface area contributed by atoms with Gasteiger partial charge >= 0.3 is 0 Å². The van der Waals surface area contributed by atoms with Crippen molar-refractivity contribution in [1.82, 2.24) is 9.21 Å². The summed E-state index contributed by atoms with van der Waals surface area (Å²) in [5, 5.41) is 8.03. The molecule has 126 valence electrons. The first-order valence-electron chi connectivity index (χ1n) is 7.82. The van der Waals surface area contributed by atoms with E-state index in [1.54, 1.807) is 19.1 Å². The van der Waals surface area contributed by atoms with Crippen molar-refractivity contribution in [2.45, 2.75) is 25.0 Å². The van der Waals surface area contributed by atoms with Crippen LogP contribution < -0.4 is 0 Å². The first-order chi connectivity index (χ1) is 11.0. The molecule has 0 aliphatic carbocycles. The van der Waals surface area contributed by atoms with Gasteiger partial charge in [0.25, 0.3) is 0 Å². The van der Waals surface area contributed by atoms with Crippen molar-refractivity contribution in [3.63, 3.8) is 0 Å². The molecule has 0 aromatic heterocycles. The van der Waals surface area contributed by atoms with E-state index in [-0.39, 0.29) is 5.82 Å². The third-order valence-corrected chi connectivity index (χ3v) is 6.44. The van der Waals surface area contributed by atoms with E-state index in [1.165, 1.54) is 16.4 Å². The van der Waals surface area contributed by atoms with Crippen LogP contribution in [0.2, 0.25) is 0 Å². The molecule has 1 aliphatic heterocycles. The summed E-state index contributed by atoms with van der Waals surface area (Å²) in [6.07, 6.45) is 1.12. The molecule has 0 saturated carbocycles. The van der Waals surface area contributed by atoms with Crippen molar-refractivity contribution in [3.05, 3.63) is 35.6 Å². The fourth-order valence-corrected chi connectivity index (χ4v) is 4.28. The van der Waals surface area contributed by atoms with E-state index in [2.05, 4.69) is 4.90 Å². The SMILES string of the molecule is CCC(C#N)S(=O)(=O)N1CCN(CCc2ccc(F)cc2)CC1. The number of benzene rings is 1. The molecule has 0 amide bonds. The molecule has 1 atom stereocenters. The first kappa shape index (κ1) is 17.9. The molecular formula is C16H22FN3O2S. The maximum atomic E-state index is 12.9. The fourth-order valence-electron chi connectivity index (χ4n) is 2.69. The van der Waals surface area contributed by atoms with Crippen LogP contribution in [-0.2, 0) is 16.4 Å². The van der Waals surface area contributed by atoms with Gasteiger partial charge in [0.05, 0.1) is 6.07 Å². The summed E-state index contributed by atoms with van der Waals surface area (Å²) < 4.78 is 38.9. The Labute approximate surface area is 137 Å². The highest BCUT2D eigenvalue weighted by molar-refractivity contribution is 7.90. The molecule has 2 rings (SSSR count). The van der Waals surface area contributed by atoms with Gasteiger partial charge in [0, 0.05) is 32.7 Å². The van der Waals surface area contributed by atoms with Crippen molar-refractivity contribution in [2.75, 3.05) is 32.7 Å². The average molecular weight is 339 g/mol. The van der Waals surface area contributed by atoms with Crippen LogP contribution in [0.1, 0.15) is 18.9 Å². The maximum absolute atomic E-state index is 12.9. The quantitative estimate of drug-likeness (QED) is 0.790. The van der Waals surface area contributed by atoms with Crippen LogP contribution in [0.25, 0.3) is 0 Å². The zero-order valence-electron chi connectivity index (χ0n) is 13.3. The summed E-state index contributed by atoms with van der Waals surface area (Å²) in [4.78, 5) is 2.20. The molecule has 0 bridgehead atoms. The lowest BCUT2D eigenvalue weighted by molar-refractivity contribution is 0.189. The van der Waals surface area contributed by atoms with Crippen LogP contribution in [0.3, 0.4) is 0 Å². The number of hydrogen-bond acceptors (Lipinski definition) is 4. The summed E-state index contributed by atoms with van der Waals surface area (Å²) in [6, 6.07) is 8.33. The highest BCUT2D eigenvalue weighted by Gasteiger charge is 2.33. The predicted octanol–water partition coefficient (Wildman–Crippen LogP) is 1.62. The van der Waals surface area contributed by atoms with Gasteiger partial charge in [-0.05, 0) is 30.5 Å². The van der Waals surface area contributed by atoms with E-state index >= 15 is 0 Å². The van der Waals surface area contributed by atoms with Gasteiger partial charge in [-0.3, -0.25) is 0 Å². The standard InChI is InChI=1S/C16H22FN3O2S/c1-2-16(13-18)23(21,22)20-11-9-19(10-12-20)8-7-14-3-5-15(17)6-4-14/h3-6,16H,2,7-12H2,1H3. The van der Waals surface area contributed by atoms with E-state index in [9.17, 15) is 12.8 Å². The Morgan fingerprint density at radius 3 is 2.35 bits per heavy atom. The number of nitrogens with zero attached hydrogens (tertiary/aromatic N) is 3. The molecule has 1 heterocycles. The number of piperazine rings is 1. The number of rotatable bonds is 6. The molecule has 7 heteroatoms. The second-order valence-corrected chi connectivity index (χ2v) is 7.80. The summed E-state index contributed by atoms with van der Waals surface area (Å²) in [5.74, 6) is -0.240. The molecule has 0 N–H and O–H groups in total. The van der Waals surface area contributed by atoms with Gasteiger partial charge in [-0.15, -0.1) is 0 Å². The van der Waals surface area contributed by atoms with Crippen LogP contribution in [0.5, 0.6) is 0 Å². The van der Waals surface area contributed by atoms with Crippen LogP contribution in [0, 0.1) is 17.1 Å². The smallest absolute Gasteiger partial charge is 0.230 e. The second-order valence-electron chi connectivity index (χ2n) is 5.69. The molecule has 1 fully saturated rings. The lowest BCUT2D eigenvalue weighted by atomic mass is 10.1. The Morgan fingerprint density at radius 2 is 1.83 bits per heavy atom. The van der Waals surface area contributed by atoms with E-state index in [1.807, 2.05) is 6.07 Å². The van der Waals surface area contributed by atoms with E-state index in [0.717, 1.165) is 18.5 Å². The monoisotopic (exact) mass is 339 g/mol. The van der Waals surface area contributed by atoms with Gasteiger partial charge < -0.3 is 4.90 Å². The van der Waals surface area contributed by atoms with Gasteiger partial charge in [-0.25, -0.2) is 12.8 Å². The molecule has 1 unspecified atom stereocenters. The molecule has 0 radical (unpaired) electrons. The Kier molecular flexibility index (Phi) is 6.10. The third-order valence-electron chi connectivity index (χ3n) is 4.20. The maximum Gasteiger partial charge on any atom is 0.230 e. The van der Waals surface area contributed by atoms with Crippen LogP contribution in [0.4, 0.5) is 4.39 Å².